The SMILES string of the molecule is CC(O)C(=O)Nc1ccc(N2CCCC2)c(Cl)c1. The fourth-order valence-electron chi connectivity index (χ4n) is 2.05. The Hall–Kier alpha value is -1.26. The molecule has 2 rings (SSSR count). The summed E-state index contributed by atoms with van der Waals surface area (Å²) < 4.78 is 0. The first-order valence-electron chi connectivity index (χ1n) is 6.11. The molecular formula is C13H17ClN2O2. The molecule has 1 saturated heterocycles. The van der Waals surface area contributed by atoms with E-state index in [1.165, 1.54) is 19.8 Å². The van der Waals surface area contributed by atoms with Crippen molar-refractivity contribution in [2.75, 3.05) is 23.3 Å². The van der Waals surface area contributed by atoms with E-state index in [0.29, 0.717) is 10.7 Å². The quantitative estimate of drug-likeness (QED) is 0.884. The van der Waals surface area contributed by atoms with Crippen molar-refractivity contribution in [3.05, 3.63) is 23.2 Å². The van der Waals surface area contributed by atoms with Gasteiger partial charge in [-0.15, -0.1) is 0 Å². The second-order valence-corrected chi connectivity index (χ2v) is 4.93. The molecule has 1 aliphatic heterocycles. The summed E-state index contributed by atoms with van der Waals surface area (Å²) in [6.45, 7) is 3.48. The summed E-state index contributed by atoms with van der Waals surface area (Å²) in [6.07, 6.45) is 1.36. The van der Waals surface area contributed by atoms with Crippen LogP contribution in [0.2, 0.25) is 5.02 Å². The van der Waals surface area contributed by atoms with Crippen LogP contribution < -0.4 is 10.2 Å². The molecule has 0 aliphatic carbocycles. The summed E-state index contributed by atoms with van der Waals surface area (Å²) in [5.41, 5.74) is 1.61. The first-order chi connectivity index (χ1) is 8.58. The summed E-state index contributed by atoms with van der Waals surface area (Å²) in [5, 5.41) is 12.4. The van der Waals surface area contributed by atoms with Crippen LogP contribution in [-0.2, 0) is 4.79 Å². The van der Waals surface area contributed by atoms with Crippen LogP contribution in [0.3, 0.4) is 0 Å². The van der Waals surface area contributed by atoms with Gasteiger partial charge in [0.1, 0.15) is 6.10 Å². The zero-order chi connectivity index (χ0) is 13.1. The Balaban J connectivity index is 2.11. The van der Waals surface area contributed by atoms with Crippen LogP contribution in [0.15, 0.2) is 18.2 Å². The Bertz CT molecular complexity index is 443. The van der Waals surface area contributed by atoms with E-state index in [1.807, 2.05) is 6.07 Å². The lowest BCUT2D eigenvalue weighted by Crippen LogP contribution is -2.24. The molecule has 4 nitrogen and oxygen atoms in total. The summed E-state index contributed by atoms with van der Waals surface area (Å²) in [5.74, 6) is -0.431. The summed E-state index contributed by atoms with van der Waals surface area (Å²) in [4.78, 5) is 13.6. The van der Waals surface area contributed by atoms with E-state index in [-0.39, 0.29) is 0 Å². The van der Waals surface area contributed by atoms with Crippen LogP contribution in [0.4, 0.5) is 11.4 Å². The number of carbonyl (C=O) groups is 1. The van der Waals surface area contributed by atoms with Gasteiger partial charge in [0.25, 0.3) is 5.91 Å². The van der Waals surface area contributed by atoms with Gasteiger partial charge >= 0.3 is 0 Å². The Morgan fingerprint density at radius 3 is 2.67 bits per heavy atom. The maximum absolute atomic E-state index is 11.4. The molecule has 1 aliphatic rings. The van der Waals surface area contributed by atoms with Gasteiger partial charge in [-0.3, -0.25) is 4.79 Å². The molecule has 1 amide bonds. The van der Waals surface area contributed by atoms with Gasteiger partial charge < -0.3 is 15.3 Å². The van der Waals surface area contributed by atoms with Gasteiger partial charge in [-0.2, -0.15) is 0 Å². The van der Waals surface area contributed by atoms with Crippen molar-refractivity contribution in [2.45, 2.75) is 25.9 Å². The maximum Gasteiger partial charge on any atom is 0.252 e. The zero-order valence-corrected chi connectivity index (χ0v) is 11.1. The molecule has 1 aromatic carbocycles. The minimum absolute atomic E-state index is 0.431. The van der Waals surface area contributed by atoms with E-state index in [1.54, 1.807) is 12.1 Å². The van der Waals surface area contributed by atoms with Crippen LogP contribution in [0, 0.1) is 0 Å². The van der Waals surface area contributed by atoms with Crippen LogP contribution in [0.25, 0.3) is 0 Å². The summed E-state index contributed by atoms with van der Waals surface area (Å²) in [6, 6.07) is 5.43. The lowest BCUT2D eigenvalue weighted by molar-refractivity contribution is -0.123. The van der Waals surface area contributed by atoms with Crippen LogP contribution in [0.1, 0.15) is 19.8 Å². The highest BCUT2D eigenvalue weighted by atomic mass is 35.5. The molecule has 5 heteroatoms. The van der Waals surface area contributed by atoms with Crippen molar-refractivity contribution < 1.29 is 9.90 Å². The van der Waals surface area contributed by atoms with Crippen molar-refractivity contribution in [3.63, 3.8) is 0 Å². The smallest absolute Gasteiger partial charge is 0.252 e. The molecule has 0 bridgehead atoms. The fraction of sp³-hybridized carbons (Fsp3) is 0.462. The van der Waals surface area contributed by atoms with Gasteiger partial charge in [0.05, 0.1) is 10.7 Å². The monoisotopic (exact) mass is 268 g/mol. The van der Waals surface area contributed by atoms with E-state index in [9.17, 15) is 4.79 Å². The molecule has 2 N–H and O–H groups in total. The van der Waals surface area contributed by atoms with E-state index in [4.69, 9.17) is 16.7 Å². The molecular weight excluding hydrogens is 252 g/mol. The van der Waals surface area contributed by atoms with Gasteiger partial charge in [-0.1, -0.05) is 11.6 Å². The molecule has 1 atom stereocenters. The maximum atomic E-state index is 11.4. The third-order valence-electron chi connectivity index (χ3n) is 3.04. The van der Waals surface area contributed by atoms with Crippen LogP contribution >= 0.6 is 11.6 Å². The zero-order valence-electron chi connectivity index (χ0n) is 10.3. The third kappa shape index (κ3) is 2.94. The standard InChI is InChI=1S/C13H17ClN2O2/c1-9(17)13(18)15-10-4-5-12(11(14)8-10)16-6-2-3-7-16/h4-5,8-9,17H,2-3,6-7H2,1H3,(H,15,18). The fourth-order valence-corrected chi connectivity index (χ4v) is 2.35. The Morgan fingerprint density at radius 1 is 1.44 bits per heavy atom. The number of rotatable bonds is 3. The Morgan fingerprint density at radius 2 is 2.11 bits per heavy atom. The molecule has 18 heavy (non-hydrogen) atoms. The van der Waals surface area contributed by atoms with Gasteiger partial charge in [-0.05, 0) is 38.0 Å². The van der Waals surface area contributed by atoms with Crippen molar-refractivity contribution in [3.8, 4) is 0 Å². The highest BCUT2D eigenvalue weighted by Crippen LogP contribution is 2.31. The minimum atomic E-state index is -1.03. The number of benzene rings is 1. The number of aliphatic hydroxyl groups is 1. The second kappa shape index (κ2) is 5.59. The third-order valence-corrected chi connectivity index (χ3v) is 3.34. The predicted octanol–water partition coefficient (Wildman–Crippen LogP) is 2.26. The highest BCUT2D eigenvalue weighted by Gasteiger charge is 2.16. The Kier molecular flexibility index (Phi) is 4.09. The number of aliphatic hydroxyl groups excluding tert-OH is 1. The predicted molar refractivity (Wildman–Crippen MR) is 73.2 cm³/mol. The minimum Gasteiger partial charge on any atom is -0.384 e. The molecule has 98 valence electrons. The van der Waals surface area contributed by atoms with E-state index in [2.05, 4.69) is 10.2 Å². The van der Waals surface area contributed by atoms with Crippen molar-refractivity contribution in [2.24, 2.45) is 0 Å². The Labute approximate surface area is 112 Å². The number of hydrogen-bond donors (Lipinski definition) is 2. The number of carbonyl (C=O) groups excluding carboxylic acids is 1. The second-order valence-electron chi connectivity index (χ2n) is 4.53. The molecule has 1 aromatic rings. The van der Waals surface area contributed by atoms with E-state index < -0.39 is 12.0 Å². The molecule has 0 radical (unpaired) electrons. The van der Waals surface area contributed by atoms with Crippen molar-refractivity contribution in [1.82, 2.24) is 0 Å². The average Bonchev–Trinajstić information content (AvgIpc) is 2.82. The van der Waals surface area contributed by atoms with Gasteiger partial charge in [0.2, 0.25) is 0 Å². The van der Waals surface area contributed by atoms with Gasteiger partial charge in [0, 0.05) is 18.8 Å². The van der Waals surface area contributed by atoms with E-state index in [0.717, 1.165) is 18.8 Å². The average molecular weight is 269 g/mol. The first-order valence-corrected chi connectivity index (χ1v) is 6.49. The summed E-state index contributed by atoms with van der Waals surface area (Å²) >= 11 is 6.22. The highest BCUT2D eigenvalue weighted by molar-refractivity contribution is 6.33. The van der Waals surface area contributed by atoms with E-state index >= 15 is 0 Å². The molecule has 0 spiro atoms. The number of halogens is 1. The van der Waals surface area contributed by atoms with Gasteiger partial charge in [-0.25, -0.2) is 0 Å². The number of hydrogen-bond acceptors (Lipinski definition) is 3. The first kappa shape index (κ1) is 13.2. The van der Waals surface area contributed by atoms with Crippen molar-refractivity contribution >= 4 is 28.9 Å². The number of nitrogens with one attached hydrogen (secondary N) is 1. The van der Waals surface area contributed by atoms with Crippen LogP contribution in [-0.4, -0.2) is 30.2 Å². The molecule has 1 fully saturated rings. The normalized spacial score (nSPS) is 16.7. The largest absolute Gasteiger partial charge is 0.384 e. The van der Waals surface area contributed by atoms with Crippen LogP contribution in [0.5, 0.6) is 0 Å². The lowest BCUT2D eigenvalue weighted by Gasteiger charge is -2.19. The molecule has 0 aromatic heterocycles. The molecule has 1 heterocycles. The molecule has 1 unspecified atom stereocenters. The van der Waals surface area contributed by atoms with Crippen molar-refractivity contribution in [1.29, 1.82) is 0 Å². The van der Waals surface area contributed by atoms with Gasteiger partial charge in [0.15, 0.2) is 0 Å². The lowest BCUT2D eigenvalue weighted by atomic mass is 10.2. The summed E-state index contributed by atoms with van der Waals surface area (Å²) in [7, 11) is 0. The number of anilines is 2. The number of amides is 1. The topological polar surface area (TPSA) is 52.6 Å². The molecule has 0 saturated carbocycles. The number of nitrogens with zero attached hydrogens (tertiary/aromatic N) is 1.